The highest BCUT2D eigenvalue weighted by Crippen LogP contribution is 2.07. The Labute approximate surface area is 149 Å². The predicted molar refractivity (Wildman–Crippen MR) is 104 cm³/mol. The Morgan fingerprint density at radius 2 is 1.38 bits per heavy atom. The van der Waals surface area contributed by atoms with E-state index in [2.05, 4.69) is 43.4 Å². The topological polar surface area (TPSA) is 58.6 Å². The first kappa shape index (κ1) is 27.5. The molecule has 1 unspecified atom stereocenters. The minimum Gasteiger partial charge on any atom is -0.459 e. The van der Waals surface area contributed by atoms with Crippen LogP contribution in [0.5, 0.6) is 0 Å². The standard InChI is InChI=1S/C8H17NO3.C8H10.2C2H6/c1-8(2,3)12-7(11)6(5-10)9-4;1-7-3-5-8(2)6-4-7;2*1-2/h6,9-10H,5H2,1-4H3;3-6H,1-2H3;2*1-2H3. The third kappa shape index (κ3) is 17.0. The zero-order chi connectivity index (χ0) is 19.8. The second-order valence-corrected chi connectivity index (χ2v) is 5.71. The molecule has 1 aromatic carbocycles. The Morgan fingerprint density at radius 1 is 1.04 bits per heavy atom. The van der Waals surface area contributed by atoms with Crippen LogP contribution in [0.15, 0.2) is 24.3 Å². The van der Waals surface area contributed by atoms with Gasteiger partial charge in [-0.25, -0.2) is 0 Å². The van der Waals surface area contributed by atoms with Gasteiger partial charge in [0.05, 0.1) is 6.61 Å². The number of hydrogen-bond donors (Lipinski definition) is 2. The largest absolute Gasteiger partial charge is 0.459 e. The van der Waals surface area contributed by atoms with Crippen molar-refractivity contribution in [1.82, 2.24) is 5.32 Å². The van der Waals surface area contributed by atoms with E-state index in [1.54, 1.807) is 27.8 Å². The lowest BCUT2D eigenvalue weighted by atomic mass is 10.2. The molecule has 4 nitrogen and oxygen atoms in total. The molecule has 1 aromatic rings. The van der Waals surface area contributed by atoms with Crippen LogP contribution >= 0.6 is 0 Å². The molecular formula is C20H39NO3. The van der Waals surface area contributed by atoms with E-state index >= 15 is 0 Å². The number of aryl methyl sites for hydroxylation is 2. The van der Waals surface area contributed by atoms with Gasteiger partial charge in [-0.3, -0.25) is 4.79 Å². The van der Waals surface area contributed by atoms with Gasteiger partial charge in [0.25, 0.3) is 0 Å². The molecule has 24 heavy (non-hydrogen) atoms. The molecule has 0 aliphatic rings. The number of hydrogen-bond acceptors (Lipinski definition) is 4. The Kier molecular flexibility index (Phi) is 18.8. The van der Waals surface area contributed by atoms with Gasteiger partial charge in [0, 0.05) is 0 Å². The van der Waals surface area contributed by atoms with Crippen molar-refractivity contribution in [3.63, 3.8) is 0 Å². The molecule has 1 rings (SSSR count). The highest BCUT2D eigenvalue weighted by molar-refractivity contribution is 5.76. The van der Waals surface area contributed by atoms with Gasteiger partial charge in [-0.2, -0.15) is 0 Å². The van der Waals surface area contributed by atoms with Crippen LogP contribution in [0.3, 0.4) is 0 Å². The average Bonchev–Trinajstić information content (AvgIpc) is 2.54. The van der Waals surface area contributed by atoms with Crippen LogP contribution in [-0.2, 0) is 9.53 Å². The summed E-state index contributed by atoms with van der Waals surface area (Å²) in [5.41, 5.74) is 2.16. The fraction of sp³-hybridized carbons (Fsp3) is 0.650. The molecule has 0 spiro atoms. The Hall–Kier alpha value is -1.39. The Bertz CT molecular complexity index is 369. The molecule has 0 saturated heterocycles. The minimum absolute atomic E-state index is 0.245. The van der Waals surface area contributed by atoms with Crippen LogP contribution in [-0.4, -0.2) is 36.4 Å². The summed E-state index contributed by atoms with van der Waals surface area (Å²) in [7, 11) is 1.60. The lowest BCUT2D eigenvalue weighted by Crippen LogP contribution is -2.41. The van der Waals surface area contributed by atoms with Gasteiger partial charge in [-0.15, -0.1) is 0 Å². The SMILES string of the molecule is CC.CC.CNC(CO)C(=O)OC(C)(C)C.Cc1ccc(C)cc1. The number of carbonyl (C=O) groups is 1. The average molecular weight is 342 g/mol. The number of aliphatic hydroxyl groups is 1. The van der Waals surface area contributed by atoms with Gasteiger partial charge in [0.15, 0.2) is 0 Å². The molecule has 0 bridgehead atoms. The maximum Gasteiger partial charge on any atom is 0.326 e. The highest BCUT2D eigenvalue weighted by Gasteiger charge is 2.22. The molecule has 1 atom stereocenters. The number of benzene rings is 1. The predicted octanol–water partition coefficient (Wildman–Crippen LogP) is 4.26. The normalized spacial score (nSPS) is 10.6. The molecule has 0 fully saturated rings. The van der Waals surface area contributed by atoms with E-state index in [-0.39, 0.29) is 6.61 Å². The molecule has 0 heterocycles. The smallest absolute Gasteiger partial charge is 0.326 e. The molecule has 0 amide bonds. The molecule has 0 saturated carbocycles. The van der Waals surface area contributed by atoms with E-state index in [1.807, 2.05) is 27.7 Å². The summed E-state index contributed by atoms with van der Waals surface area (Å²) < 4.78 is 5.02. The second-order valence-electron chi connectivity index (χ2n) is 5.71. The van der Waals surface area contributed by atoms with E-state index < -0.39 is 17.6 Å². The summed E-state index contributed by atoms with van der Waals surface area (Å²) in [6, 6.07) is 7.86. The Balaban J connectivity index is -0.000000317. The summed E-state index contributed by atoms with van der Waals surface area (Å²) in [6.07, 6.45) is 0. The summed E-state index contributed by atoms with van der Waals surface area (Å²) >= 11 is 0. The summed E-state index contributed by atoms with van der Waals surface area (Å²) in [6.45, 7) is 17.3. The van der Waals surface area contributed by atoms with Gasteiger partial charge in [0.1, 0.15) is 11.6 Å². The van der Waals surface area contributed by atoms with Crippen LogP contribution in [0.1, 0.15) is 59.6 Å². The molecule has 0 aliphatic heterocycles. The molecular weight excluding hydrogens is 302 g/mol. The van der Waals surface area contributed by atoms with Crippen molar-refractivity contribution in [3.05, 3.63) is 35.4 Å². The number of ether oxygens (including phenoxy) is 1. The fourth-order valence-electron chi connectivity index (χ4n) is 1.29. The minimum atomic E-state index is -0.621. The van der Waals surface area contributed by atoms with Gasteiger partial charge < -0.3 is 15.2 Å². The van der Waals surface area contributed by atoms with Crippen LogP contribution in [0.4, 0.5) is 0 Å². The zero-order valence-corrected chi connectivity index (χ0v) is 17.4. The first-order valence-electron chi connectivity index (χ1n) is 8.74. The van der Waals surface area contributed by atoms with E-state index in [1.165, 1.54) is 11.1 Å². The van der Waals surface area contributed by atoms with E-state index in [0.29, 0.717) is 0 Å². The van der Waals surface area contributed by atoms with Crippen molar-refractivity contribution in [2.24, 2.45) is 0 Å². The van der Waals surface area contributed by atoms with Gasteiger partial charge in [-0.05, 0) is 41.7 Å². The van der Waals surface area contributed by atoms with E-state index in [9.17, 15) is 4.79 Å². The number of nitrogens with one attached hydrogen (secondary N) is 1. The lowest BCUT2D eigenvalue weighted by molar-refractivity contribution is -0.158. The van der Waals surface area contributed by atoms with Crippen molar-refractivity contribution in [2.75, 3.05) is 13.7 Å². The maximum absolute atomic E-state index is 11.2. The third-order valence-electron chi connectivity index (χ3n) is 2.44. The monoisotopic (exact) mass is 341 g/mol. The first-order valence-corrected chi connectivity index (χ1v) is 8.74. The van der Waals surface area contributed by atoms with Crippen molar-refractivity contribution in [1.29, 1.82) is 0 Å². The van der Waals surface area contributed by atoms with Crippen molar-refractivity contribution in [3.8, 4) is 0 Å². The van der Waals surface area contributed by atoms with Gasteiger partial charge >= 0.3 is 5.97 Å². The molecule has 2 N–H and O–H groups in total. The number of esters is 1. The van der Waals surface area contributed by atoms with E-state index in [0.717, 1.165) is 0 Å². The Morgan fingerprint density at radius 3 is 1.58 bits per heavy atom. The molecule has 142 valence electrons. The van der Waals surface area contributed by atoms with Crippen molar-refractivity contribution < 1.29 is 14.6 Å². The summed E-state index contributed by atoms with van der Waals surface area (Å²) in [5, 5.41) is 11.4. The number of rotatable bonds is 3. The highest BCUT2D eigenvalue weighted by atomic mass is 16.6. The van der Waals surface area contributed by atoms with Crippen LogP contribution in [0.25, 0.3) is 0 Å². The summed E-state index contributed by atoms with van der Waals surface area (Å²) in [5.74, 6) is -0.424. The third-order valence-corrected chi connectivity index (χ3v) is 2.44. The van der Waals surface area contributed by atoms with Crippen LogP contribution < -0.4 is 5.32 Å². The maximum atomic E-state index is 11.2. The lowest BCUT2D eigenvalue weighted by Gasteiger charge is -2.22. The van der Waals surface area contributed by atoms with E-state index in [4.69, 9.17) is 9.84 Å². The molecule has 0 aliphatic carbocycles. The number of likely N-dealkylation sites (N-methyl/N-ethyl adjacent to an activating group) is 1. The second kappa shape index (κ2) is 16.5. The van der Waals surface area contributed by atoms with Crippen LogP contribution in [0, 0.1) is 13.8 Å². The molecule has 0 aromatic heterocycles. The first-order chi connectivity index (χ1) is 11.2. The van der Waals surface area contributed by atoms with Gasteiger partial charge in [-0.1, -0.05) is 63.1 Å². The quantitative estimate of drug-likeness (QED) is 0.806. The fourth-order valence-corrected chi connectivity index (χ4v) is 1.29. The molecule has 0 radical (unpaired) electrons. The number of aliphatic hydroxyl groups excluding tert-OH is 1. The summed E-state index contributed by atoms with van der Waals surface area (Å²) in [4.78, 5) is 11.2. The van der Waals surface area contributed by atoms with Gasteiger partial charge in [0.2, 0.25) is 0 Å². The zero-order valence-electron chi connectivity index (χ0n) is 17.4. The number of carbonyl (C=O) groups excluding carboxylic acids is 1. The van der Waals surface area contributed by atoms with Crippen molar-refractivity contribution >= 4 is 5.97 Å². The van der Waals surface area contributed by atoms with Crippen molar-refractivity contribution in [2.45, 2.75) is 74.0 Å². The van der Waals surface area contributed by atoms with Crippen LogP contribution in [0.2, 0.25) is 0 Å². The molecule has 4 heteroatoms.